The number of anilines is 1. The normalized spacial score (nSPS) is 19.4. The van der Waals surface area contributed by atoms with Crippen molar-refractivity contribution in [3.05, 3.63) is 54.1 Å². The van der Waals surface area contributed by atoms with Gasteiger partial charge in [-0.1, -0.05) is 36.4 Å². The maximum Gasteiger partial charge on any atom is 0.416 e. The summed E-state index contributed by atoms with van der Waals surface area (Å²) in [5.41, 5.74) is 5.76. The second-order valence-electron chi connectivity index (χ2n) is 6.94. The van der Waals surface area contributed by atoms with Crippen LogP contribution >= 0.6 is 0 Å². The monoisotopic (exact) mass is 401 g/mol. The van der Waals surface area contributed by atoms with Crippen molar-refractivity contribution in [1.82, 2.24) is 15.5 Å². The molecular weight excluding hydrogens is 383 g/mol. The van der Waals surface area contributed by atoms with Gasteiger partial charge in [0.1, 0.15) is 5.69 Å². The average molecular weight is 401 g/mol. The molecule has 9 heteroatoms. The lowest BCUT2D eigenvalue weighted by atomic mass is 10.0. The molecule has 0 spiro atoms. The molecule has 2 atom stereocenters. The van der Waals surface area contributed by atoms with Crippen molar-refractivity contribution >= 4 is 22.5 Å². The van der Waals surface area contributed by atoms with Gasteiger partial charge in [-0.3, -0.25) is 4.79 Å². The Morgan fingerprint density at radius 3 is 2.38 bits per heavy atom. The lowest BCUT2D eigenvalue weighted by Gasteiger charge is -2.19. The minimum atomic E-state index is -4.40. The van der Waals surface area contributed by atoms with Gasteiger partial charge in [0.05, 0.1) is 17.5 Å². The number of halogens is 3. The third kappa shape index (κ3) is 3.73. The van der Waals surface area contributed by atoms with Crippen LogP contribution in [0.1, 0.15) is 5.56 Å². The quantitative estimate of drug-likeness (QED) is 0.625. The predicted octanol–water partition coefficient (Wildman–Crippen LogP) is 2.80. The van der Waals surface area contributed by atoms with Gasteiger partial charge in [-0.25, -0.2) is 0 Å². The molecule has 1 saturated heterocycles. The molecule has 4 N–H and O–H groups in total. The third-order valence-corrected chi connectivity index (χ3v) is 5.07. The van der Waals surface area contributed by atoms with Crippen LogP contribution in [0, 0.1) is 5.92 Å². The van der Waals surface area contributed by atoms with Crippen LogP contribution < -0.4 is 16.4 Å². The molecule has 1 amide bonds. The highest BCUT2D eigenvalue weighted by atomic mass is 19.4. The highest BCUT2D eigenvalue weighted by Gasteiger charge is 2.32. The number of hydrogen-bond acceptors (Lipinski definition) is 5. The van der Waals surface area contributed by atoms with E-state index in [1.807, 2.05) is 24.3 Å². The molecule has 2 aromatic carbocycles. The van der Waals surface area contributed by atoms with Crippen molar-refractivity contribution in [3.63, 3.8) is 0 Å². The molecule has 1 aliphatic rings. The van der Waals surface area contributed by atoms with Gasteiger partial charge in [0, 0.05) is 29.4 Å². The lowest BCUT2D eigenvalue weighted by molar-refractivity contribution is -0.137. The first-order chi connectivity index (χ1) is 13.8. The zero-order valence-corrected chi connectivity index (χ0v) is 15.2. The minimum absolute atomic E-state index is 0.220. The van der Waals surface area contributed by atoms with Gasteiger partial charge in [-0.15, -0.1) is 10.2 Å². The number of carbonyl (C=O) groups excluding carboxylic acids is 1. The number of nitrogens with two attached hydrogens (primary N) is 1. The second kappa shape index (κ2) is 7.32. The van der Waals surface area contributed by atoms with Gasteiger partial charge < -0.3 is 16.4 Å². The maximum atomic E-state index is 12.8. The molecule has 6 nitrogen and oxygen atoms in total. The van der Waals surface area contributed by atoms with Crippen LogP contribution in [-0.2, 0) is 11.0 Å². The lowest BCUT2D eigenvalue weighted by Crippen LogP contribution is -2.37. The number of fused-ring (bicyclic) bond motifs is 1. The first kappa shape index (κ1) is 19.1. The van der Waals surface area contributed by atoms with Gasteiger partial charge in [-0.05, 0) is 12.1 Å². The summed E-state index contributed by atoms with van der Waals surface area (Å²) in [6.07, 6.45) is -4.40. The zero-order valence-electron chi connectivity index (χ0n) is 15.2. The van der Waals surface area contributed by atoms with Crippen LogP contribution in [0.2, 0.25) is 0 Å². The fourth-order valence-electron chi connectivity index (χ4n) is 3.55. The molecule has 3 aromatic rings. The van der Waals surface area contributed by atoms with Gasteiger partial charge in [-0.2, -0.15) is 13.2 Å². The fourth-order valence-corrected chi connectivity index (χ4v) is 3.55. The molecule has 29 heavy (non-hydrogen) atoms. The number of primary amides is 1. The molecule has 0 aliphatic carbocycles. The number of hydrogen-bond donors (Lipinski definition) is 3. The smallest absolute Gasteiger partial charge is 0.369 e. The number of benzene rings is 2. The first-order valence-electron chi connectivity index (χ1n) is 9.04. The van der Waals surface area contributed by atoms with Gasteiger partial charge in [0.15, 0.2) is 5.82 Å². The van der Waals surface area contributed by atoms with Crippen molar-refractivity contribution in [3.8, 4) is 11.3 Å². The van der Waals surface area contributed by atoms with Crippen molar-refractivity contribution in [2.45, 2.75) is 12.2 Å². The highest BCUT2D eigenvalue weighted by Crippen LogP contribution is 2.33. The van der Waals surface area contributed by atoms with E-state index in [1.54, 1.807) is 0 Å². The number of alkyl halides is 3. The Balaban J connectivity index is 1.71. The Hall–Kier alpha value is -3.20. The first-order valence-corrected chi connectivity index (χ1v) is 9.04. The predicted molar refractivity (Wildman–Crippen MR) is 103 cm³/mol. The largest absolute Gasteiger partial charge is 0.416 e. The molecule has 4 rings (SSSR count). The zero-order chi connectivity index (χ0) is 20.6. The standard InChI is InChI=1S/C20H18F3N5O/c21-20(22,23)12-7-5-11(6-8-12)17-13-3-1-2-4-14(13)19(28-27-17)26-16-10-25-9-15(16)18(24)29/h1-8,15-16,25H,9-10H2,(H2,24,29)(H,26,28). The van der Waals surface area contributed by atoms with Gasteiger partial charge in [0.2, 0.25) is 5.91 Å². The van der Waals surface area contributed by atoms with Crippen molar-refractivity contribution < 1.29 is 18.0 Å². The molecule has 0 radical (unpaired) electrons. The van der Waals surface area contributed by atoms with E-state index >= 15 is 0 Å². The molecular formula is C20H18F3N5O. The van der Waals surface area contributed by atoms with E-state index in [9.17, 15) is 18.0 Å². The molecule has 0 saturated carbocycles. The van der Waals surface area contributed by atoms with E-state index in [0.29, 0.717) is 30.2 Å². The number of amides is 1. The van der Waals surface area contributed by atoms with Crippen LogP contribution in [0.4, 0.5) is 19.0 Å². The van der Waals surface area contributed by atoms with Crippen LogP contribution in [-0.4, -0.2) is 35.2 Å². The van der Waals surface area contributed by atoms with Crippen molar-refractivity contribution in [1.29, 1.82) is 0 Å². The molecule has 1 fully saturated rings. The Morgan fingerprint density at radius 1 is 1.03 bits per heavy atom. The second-order valence-corrected chi connectivity index (χ2v) is 6.94. The van der Waals surface area contributed by atoms with E-state index in [4.69, 9.17) is 5.73 Å². The molecule has 0 bridgehead atoms. The Morgan fingerprint density at radius 2 is 1.72 bits per heavy atom. The summed E-state index contributed by atoms with van der Waals surface area (Å²) in [4.78, 5) is 11.6. The maximum absolute atomic E-state index is 12.8. The number of nitrogens with one attached hydrogen (secondary N) is 2. The molecule has 150 valence electrons. The summed E-state index contributed by atoms with van der Waals surface area (Å²) in [5.74, 6) is -0.271. The van der Waals surface area contributed by atoms with Crippen molar-refractivity contribution in [2.75, 3.05) is 18.4 Å². The summed E-state index contributed by atoms with van der Waals surface area (Å²) in [5, 5.41) is 16.4. The van der Waals surface area contributed by atoms with E-state index < -0.39 is 17.6 Å². The number of rotatable bonds is 4. The van der Waals surface area contributed by atoms with Crippen LogP contribution in [0.25, 0.3) is 22.0 Å². The summed E-state index contributed by atoms with van der Waals surface area (Å²) in [6.45, 7) is 1.05. The summed E-state index contributed by atoms with van der Waals surface area (Å²) < 4.78 is 38.5. The van der Waals surface area contributed by atoms with E-state index in [1.165, 1.54) is 12.1 Å². The molecule has 1 aliphatic heterocycles. The molecule has 2 heterocycles. The Kier molecular flexibility index (Phi) is 4.83. The number of aromatic nitrogens is 2. The summed E-state index contributed by atoms with van der Waals surface area (Å²) in [6, 6.07) is 11.9. The number of nitrogens with zero attached hydrogens (tertiary/aromatic N) is 2. The minimum Gasteiger partial charge on any atom is -0.369 e. The third-order valence-electron chi connectivity index (χ3n) is 5.07. The van der Waals surface area contributed by atoms with Crippen LogP contribution in [0.5, 0.6) is 0 Å². The summed E-state index contributed by atoms with van der Waals surface area (Å²) in [7, 11) is 0. The van der Waals surface area contributed by atoms with Gasteiger partial charge >= 0.3 is 6.18 Å². The average Bonchev–Trinajstić information content (AvgIpc) is 3.16. The van der Waals surface area contributed by atoms with E-state index in [2.05, 4.69) is 20.8 Å². The van der Waals surface area contributed by atoms with E-state index in [0.717, 1.165) is 22.9 Å². The number of carbonyl (C=O) groups is 1. The topological polar surface area (TPSA) is 92.9 Å². The van der Waals surface area contributed by atoms with Crippen LogP contribution in [0.3, 0.4) is 0 Å². The Labute approximate surface area is 164 Å². The Bertz CT molecular complexity index is 1050. The van der Waals surface area contributed by atoms with Crippen molar-refractivity contribution in [2.24, 2.45) is 11.7 Å². The van der Waals surface area contributed by atoms with E-state index in [-0.39, 0.29) is 12.0 Å². The SMILES string of the molecule is NC(=O)C1CNCC1Nc1nnc(-c2ccc(C(F)(F)F)cc2)c2ccccc12. The fraction of sp³-hybridized carbons (Fsp3) is 0.250. The molecule has 2 unspecified atom stereocenters. The highest BCUT2D eigenvalue weighted by molar-refractivity contribution is 6.00. The molecule has 1 aromatic heterocycles. The van der Waals surface area contributed by atoms with Crippen LogP contribution in [0.15, 0.2) is 48.5 Å². The summed E-state index contributed by atoms with van der Waals surface area (Å²) >= 11 is 0. The van der Waals surface area contributed by atoms with Gasteiger partial charge in [0.25, 0.3) is 0 Å².